The van der Waals surface area contributed by atoms with Crippen molar-refractivity contribution in [2.75, 3.05) is 7.05 Å². The van der Waals surface area contributed by atoms with Crippen LogP contribution in [0, 0.1) is 5.82 Å². The van der Waals surface area contributed by atoms with Crippen LogP contribution in [0.15, 0.2) is 41.4 Å². The Morgan fingerprint density at radius 3 is 2.40 bits per heavy atom. The van der Waals surface area contributed by atoms with Crippen LogP contribution < -0.4 is 10.5 Å². The number of hydrogen-bond donors (Lipinski definition) is 2. The predicted molar refractivity (Wildman–Crippen MR) is 103 cm³/mol. The van der Waals surface area contributed by atoms with E-state index in [4.69, 9.17) is 10.5 Å². The van der Waals surface area contributed by atoms with Crippen molar-refractivity contribution in [1.29, 1.82) is 0 Å². The molecule has 0 saturated carbocycles. The second-order valence-corrected chi connectivity index (χ2v) is 8.32. The maximum absolute atomic E-state index is 13.7. The first-order valence-electron chi connectivity index (χ1n) is 9.31. The molecule has 2 heterocycles. The number of aliphatic imine (C=N–C) groups is 1. The van der Waals surface area contributed by atoms with Crippen molar-refractivity contribution in [3.63, 3.8) is 0 Å². The minimum atomic E-state index is -4.81. The number of likely N-dealkylation sites (N-methyl/N-ethyl adjacent to an activating group) is 1. The van der Waals surface area contributed by atoms with Crippen molar-refractivity contribution in [2.24, 2.45) is 10.7 Å². The number of hydrogen-bond acceptors (Lipinski definition) is 5. The lowest BCUT2D eigenvalue weighted by Gasteiger charge is -2.44. The van der Waals surface area contributed by atoms with Crippen molar-refractivity contribution in [2.45, 2.75) is 43.8 Å². The van der Waals surface area contributed by atoms with Gasteiger partial charge in [-0.15, -0.1) is 0 Å². The SMILES string of the molecule is CN1C(N)=NC2(CC(C)(C)Oc3ccc(-c4ccc(F)c(C(F)(F)F)c4)cc32)C1O. The van der Waals surface area contributed by atoms with Crippen LogP contribution in [-0.4, -0.2) is 34.8 Å². The molecule has 4 rings (SSSR count). The second kappa shape index (κ2) is 6.34. The molecule has 0 amide bonds. The lowest BCUT2D eigenvalue weighted by molar-refractivity contribution is -0.139. The first-order chi connectivity index (χ1) is 13.8. The highest BCUT2D eigenvalue weighted by atomic mass is 19.4. The third kappa shape index (κ3) is 3.08. The van der Waals surface area contributed by atoms with E-state index in [0.29, 0.717) is 23.3 Å². The van der Waals surface area contributed by atoms with Crippen molar-refractivity contribution >= 4 is 5.96 Å². The zero-order valence-electron chi connectivity index (χ0n) is 16.6. The van der Waals surface area contributed by atoms with E-state index in [1.807, 2.05) is 13.8 Å². The fraction of sp³-hybridized carbons (Fsp3) is 0.381. The fourth-order valence-corrected chi connectivity index (χ4v) is 4.25. The number of alkyl halides is 3. The summed E-state index contributed by atoms with van der Waals surface area (Å²) < 4.78 is 59.2. The van der Waals surface area contributed by atoms with Crippen molar-refractivity contribution in [1.82, 2.24) is 4.90 Å². The van der Waals surface area contributed by atoms with Gasteiger partial charge < -0.3 is 20.5 Å². The van der Waals surface area contributed by atoms with Gasteiger partial charge in [-0.2, -0.15) is 13.2 Å². The number of fused-ring (bicyclic) bond motifs is 2. The summed E-state index contributed by atoms with van der Waals surface area (Å²) in [4.78, 5) is 5.98. The molecule has 30 heavy (non-hydrogen) atoms. The zero-order chi connectivity index (χ0) is 22.1. The van der Waals surface area contributed by atoms with Crippen LogP contribution in [0.4, 0.5) is 17.6 Å². The molecule has 2 aliphatic rings. The Balaban J connectivity index is 1.89. The molecule has 2 aliphatic heterocycles. The Hall–Kier alpha value is -2.81. The molecule has 160 valence electrons. The molecule has 0 radical (unpaired) electrons. The van der Waals surface area contributed by atoms with Gasteiger partial charge in [0, 0.05) is 19.0 Å². The minimum absolute atomic E-state index is 0.151. The van der Waals surface area contributed by atoms with Crippen molar-refractivity contribution in [3.05, 3.63) is 53.3 Å². The Bertz CT molecular complexity index is 1050. The summed E-state index contributed by atoms with van der Waals surface area (Å²) in [5, 5.41) is 10.9. The first-order valence-corrected chi connectivity index (χ1v) is 9.31. The molecule has 0 aliphatic carbocycles. The summed E-state index contributed by atoms with van der Waals surface area (Å²) in [5.41, 5.74) is 3.93. The van der Waals surface area contributed by atoms with Gasteiger partial charge in [-0.3, -0.25) is 0 Å². The van der Waals surface area contributed by atoms with Crippen LogP contribution in [0.1, 0.15) is 31.4 Å². The maximum atomic E-state index is 13.7. The third-order valence-corrected chi connectivity index (χ3v) is 5.60. The van der Waals surface area contributed by atoms with Crippen LogP contribution in [-0.2, 0) is 11.7 Å². The Morgan fingerprint density at radius 1 is 1.17 bits per heavy atom. The van der Waals surface area contributed by atoms with Crippen LogP contribution in [0.25, 0.3) is 11.1 Å². The Labute approximate surface area is 170 Å². The van der Waals surface area contributed by atoms with Gasteiger partial charge in [0.15, 0.2) is 12.2 Å². The van der Waals surface area contributed by atoms with Crippen LogP contribution in [0.3, 0.4) is 0 Å². The van der Waals surface area contributed by atoms with Gasteiger partial charge in [0.2, 0.25) is 0 Å². The van der Waals surface area contributed by atoms with E-state index in [1.165, 1.54) is 11.0 Å². The molecule has 0 aromatic heterocycles. The van der Waals surface area contributed by atoms with E-state index in [2.05, 4.69) is 4.99 Å². The average molecular weight is 423 g/mol. The highest BCUT2D eigenvalue weighted by Crippen LogP contribution is 2.51. The fourth-order valence-electron chi connectivity index (χ4n) is 4.25. The van der Waals surface area contributed by atoms with Gasteiger partial charge in [-0.1, -0.05) is 12.1 Å². The molecule has 5 nitrogen and oxygen atoms in total. The Kier molecular flexibility index (Phi) is 4.33. The molecule has 3 N–H and O–H groups in total. The van der Waals surface area contributed by atoms with Gasteiger partial charge in [-0.05, 0) is 49.2 Å². The van der Waals surface area contributed by atoms with E-state index in [-0.39, 0.29) is 11.5 Å². The third-order valence-electron chi connectivity index (χ3n) is 5.60. The standard InChI is InChI=1S/C21H21F4N3O2/c1-19(2)10-20(17(29)28(3)18(26)27-20)14-9-12(5-7-16(14)30-19)11-4-6-15(22)13(8-11)21(23,24)25/h4-9,17,29H,10H2,1-3H3,(H2,26,27). The lowest BCUT2D eigenvalue weighted by Crippen LogP contribution is -2.51. The molecule has 1 spiro atoms. The topological polar surface area (TPSA) is 71.1 Å². The van der Waals surface area contributed by atoms with Crippen LogP contribution in [0.5, 0.6) is 5.75 Å². The molecular weight excluding hydrogens is 402 g/mol. The number of guanidine groups is 1. The smallest absolute Gasteiger partial charge is 0.419 e. The van der Waals surface area contributed by atoms with Crippen LogP contribution in [0.2, 0.25) is 0 Å². The van der Waals surface area contributed by atoms with Gasteiger partial charge in [0.1, 0.15) is 22.7 Å². The van der Waals surface area contributed by atoms with E-state index in [9.17, 15) is 22.7 Å². The molecule has 2 aromatic carbocycles. The van der Waals surface area contributed by atoms with E-state index < -0.39 is 34.9 Å². The molecular formula is C21H21F4N3O2. The number of aliphatic hydroxyl groups excluding tert-OH is 1. The van der Waals surface area contributed by atoms with Gasteiger partial charge in [0.25, 0.3) is 0 Å². The monoisotopic (exact) mass is 423 g/mol. The highest BCUT2D eigenvalue weighted by Gasteiger charge is 2.55. The van der Waals surface area contributed by atoms with Gasteiger partial charge in [-0.25, -0.2) is 9.38 Å². The van der Waals surface area contributed by atoms with E-state index >= 15 is 0 Å². The molecule has 0 bridgehead atoms. The average Bonchev–Trinajstić information content (AvgIpc) is 2.84. The number of nitrogens with two attached hydrogens (primary N) is 1. The van der Waals surface area contributed by atoms with Crippen molar-refractivity contribution < 1.29 is 27.4 Å². The summed E-state index contributed by atoms with van der Waals surface area (Å²) in [6, 6.07) is 7.69. The molecule has 2 atom stereocenters. The number of benzene rings is 2. The lowest BCUT2D eigenvalue weighted by atomic mass is 9.76. The number of aliphatic hydroxyl groups is 1. The summed E-state index contributed by atoms with van der Waals surface area (Å²) in [7, 11) is 1.61. The predicted octanol–water partition coefficient (Wildman–Crippen LogP) is 3.85. The first kappa shape index (κ1) is 20.5. The minimum Gasteiger partial charge on any atom is -0.487 e. The molecule has 2 unspecified atom stereocenters. The maximum Gasteiger partial charge on any atom is 0.419 e. The van der Waals surface area contributed by atoms with E-state index in [0.717, 1.165) is 12.1 Å². The highest BCUT2D eigenvalue weighted by molar-refractivity contribution is 5.82. The molecule has 2 aromatic rings. The number of halogens is 4. The second-order valence-electron chi connectivity index (χ2n) is 8.32. The Morgan fingerprint density at radius 2 is 1.80 bits per heavy atom. The molecule has 0 fully saturated rings. The summed E-state index contributed by atoms with van der Waals surface area (Å²) in [6.45, 7) is 3.72. The van der Waals surface area contributed by atoms with Crippen LogP contribution >= 0.6 is 0 Å². The van der Waals surface area contributed by atoms with Gasteiger partial charge in [0.05, 0.1) is 5.56 Å². The van der Waals surface area contributed by atoms with Gasteiger partial charge >= 0.3 is 6.18 Å². The van der Waals surface area contributed by atoms with E-state index in [1.54, 1.807) is 25.2 Å². The summed E-state index contributed by atoms with van der Waals surface area (Å²) >= 11 is 0. The molecule has 0 saturated heterocycles. The quantitative estimate of drug-likeness (QED) is 0.684. The summed E-state index contributed by atoms with van der Waals surface area (Å²) in [5.74, 6) is -0.729. The normalized spacial score (nSPS) is 25.1. The number of rotatable bonds is 1. The number of ether oxygens (including phenoxy) is 1. The largest absolute Gasteiger partial charge is 0.487 e. The summed E-state index contributed by atoms with van der Waals surface area (Å²) in [6.07, 6.45) is -5.58. The molecule has 9 heteroatoms. The number of nitrogens with zero attached hydrogens (tertiary/aromatic N) is 2. The van der Waals surface area contributed by atoms with Crippen molar-refractivity contribution in [3.8, 4) is 16.9 Å². The zero-order valence-corrected chi connectivity index (χ0v) is 16.6.